The van der Waals surface area contributed by atoms with Crippen LogP contribution in [0.15, 0.2) is 36.0 Å². The van der Waals surface area contributed by atoms with E-state index in [4.69, 9.17) is 5.26 Å². The minimum Gasteiger partial charge on any atom is -0.389 e. The second-order valence-electron chi connectivity index (χ2n) is 4.57. The summed E-state index contributed by atoms with van der Waals surface area (Å²) in [4.78, 5) is 11.7. The largest absolute Gasteiger partial charge is 0.389 e. The van der Waals surface area contributed by atoms with Crippen molar-refractivity contribution in [2.24, 2.45) is 0 Å². The first-order chi connectivity index (χ1) is 10.2. The first-order valence-electron chi connectivity index (χ1n) is 7.04. The van der Waals surface area contributed by atoms with Gasteiger partial charge in [0.05, 0.1) is 0 Å². The molecule has 1 aromatic rings. The van der Waals surface area contributed by atoms with Crippen molar-refractivity contribution >= 4 is 5.91 Å². The van der Waals surface area contributed by atoms with Crippen molar-refractivity contribution < 1.29 is 9.18 Å². The standard InChI is InChI=1S/C16H20FN3O/c1-2-3-9-20-16(21)14(11-18)12-19-10-8-13-6-4-5-7-15(13)17/h4-7,12,19H,2-3,8-10H2,1H3,(H,20,21)/b14-12-. The highest BCUT2D eigenvalue weighted by atomic mass is 19.1. The molecule has 0 atom stereocenters. The minimum absolute atomic E-state index is 0.0274. The van der Waals surface area contributed by atoms with Gasteiger partial charge < -0.3 is 10.6 Å². The maximum atomic E-state index is 13.4. The molecule has 0 radical (unpaired) electrons. The smallest absolute Gasteiger partial charge is 0.263 e. The molecule has 2 N–H and O–H groups in total. The molecule has 5 heteroatoms. The van der Waals surface area contributed by atoms with Crippen LogP contribution in [0.25, 0.3) is 0 Å². The second-order valence-corrected chi connectivity index (χ2v) is 4.57. The molecule has 0 aromatic heterocycles. The fourth-order valence-electron chi connectivity index (χ4n) is 1.70. The molecule has 0 saturated heterocycles. The Morgan fingerprint density at radius 3 is 2.81 bits per heavy atom. The van der Waals surface area contributed by atoms with Gasteiger partial charge in [-0.2, -0.15) is 5.26 Å². The lowest BCUT2D eigenvalue weighted by molar-refractivity contribution is -0.117. The summed E-state index contributed by atoms with van der Waals surface area (Å²) < 4.78 is 13.4. The number of unbranched alkanes of at least 4 members (excludes halogenated alkanes) is 1. The maximum Gasteiger partial charge on any atom is 0.263 e. The Morgan fingerprint density at radius 1 is 1.38 bits per heavy atom. The van der Waals surface area contributed by atoms with Crippen molar-refractivity contribution in [2.75, 3.05) is 13.1 Å². The predicted octanol–water partition coefficient (Wildman–Crippen LogP) is 2.28. The van der Waals surface area contributed by atoms with Crippen LogP contribution < -0.4 is 10.6 Å². The number of hydrogen-bond donors (Lipinski definition) is 2. The number of halogens is 1. The number of benzene rings is 1. The molecule has 0 bridgehead atoms. The Kier molecular flexibility index (Phi) is 7.59. The summed E-state index contributed by atoms with van der Waals surface area (Å²) in [6, 6.07) is 8.39. The van der Waals surface area contributed by atoms with Crippen molar-refractivity contribution in [3.63, 3.8) is 0 Å². The average Bonchev–Trinajstić information content (AvgIpc) is 2.49. The highest BCUT2D eigenvalue weighted by Gasteiger charge is 2.07. The van der Waals surface area contributed by atoms with Crippen LogP contribution in [0, 0.1) is 17.1 Å². The van der Waals surface area contributed by atoms with Gasteiger partial charge in [0, 0.05) is 19.3 Å². The first-order valence-corrected chi connectivity index (χ1v) is 7.04. The number of rotatable bonds is 8. The van der Waals surface area contributed by atoms with E-state index in [2.05, 4.69) is 10.6 Å². The van der Waals surface area contributed by atoms with Crippen molar-refractivity contribution in [1.82, 2.24) is 10.6 Å². The van der Waals surface area contributed by atoms with Gasteiger partial charge in [0.15, 0.2) is 0 Å². The molecule has 0 spiro atoms. The summed E-state index contributed by atoms with van der Waals surface area (Å²) in [5.74, 6) is -0.634. The molecule has 0 aliphatic carbocycles. The van der Waals surface area contributed by atoms with E-state index in [1.165, 1.54) is 12.3 Å². The van der Waals surface area contributed by atoms with E-state index in [9.17, 15) is 9.18 Å². The summed E-state index contributed by atoms with van der Waals surface area (Å²) in [5.41, 5.74) is 0.629. The lowest BCUT2D eigenvalue weighted by atomic mass is 10.1. The van der Waals surface area contributed by atoms with Gasteiger partial charge in [-0.3, -0.25) is 4.79 Å². The molecule has 0 aliphatic rings. The van der Waals surface area contributed by atoms with Crippen LogP contribution in [0.4, 0.5) is 4.39 Å². The SMILES string of the molecule is CCCCNC(=O)/C(C#N)=C\NCCc1ccccc1F. The monoisotopic (exact) mass is 289 g/mol. The zero-order chi connectivity index (χ0) is 15.5. The number of hydrogen-bond acceptors (Lipinski definition) is 3. The second kappa shape index (κ2) is 9.54. The van der Waals surface area contributed by atoms with E-state index in [-0.39, 0.29) is 17.3 Å². The van der Waals surface area contributed by atoms with Crippen LogP contribution >= 0.6 is 0 Å². The molecule has 0 aliphatic heterocycles. The van der Waals surface area contributed by atoms with Crippen LogP contribution in [-0.4, -0.2) is 19.0 Å². The van der Waals surface area contributed by atoms with Gasteiger partial charge in [0.2, 0.25) is 0 Å². The number of nitrogens with one attached hydrogen (secondary N) is 2. The average molecular weight is 289 g/mol. The Hall–Kier alpha value is -2.35. The zero-order valence-corrected chi connectivity index (χ0v) is 12.2. The third kappa shape index (κ3) is 6.09. The van der Waals surface area contributed by atoms with Crippen molar-refractivity contribution in [2.45, 2.75) is 26.2 Å². The van der Waals surface area contributed by atoms with Crippen molar-refractivity contribution in [3.05, 3.63) is 47.4 Å². The van der Waals surface area contributed by atoms with E-state index in [0.717, 1.165) is 12.8 Å². The summed E-state index contributed by atoms with van der Waals surface area (Å²) in [6.45, 7) is 3.04. The summed E-state index contributed by atoms with van der Waals surface area (Å²) in [5, 5.41) is 14.5. The number of amides is 1. The highest BCUT2D eigenvalue weighted by molar-refractivity contribution is 5.97. The fourth-order valence-corrected chi connectivity index (χ4v) is 1.70. The molecular formula is C16H20FN3O. The van der Waals surface area contributed by atoms with Gasteiger partial charge in [0.25, 0.3) is 5.91 Å². The maximum absolute atomic E-state index is 13.4. The molecule has 0 saturated carbocycles. The number of nitriles is 1. The molecule has 0 unspecified atom stereocenters. The van der Waals surface area contributed by atoms with Gasteiger partial charge in [-0.05, 0) is 24.5 Å². The van der Waals surface area contributed by atoms with E-state index in [0.29, 0.717) is 25.1 Å². The van der Waals surface area contributed by atoms with E-state index in [1.54, 1.807) is 18.2 Å². The Morgan fingerprint density at radius 2 is 2.14 bits per heavy atom. The Labute approximate surface area is 124 Å². The normalized spacial score (nSPS) is 10.8. The lowest BCUT2D eigenvalue weighted by Gasteiger charge is -2.05. The predicted molar refractivity (Wildman–Crippen MR) is 79.7 cm³/mol. The van der Waals surface area contributed by atoms with Crippen LogP contribution in [-0.2, 0) is 11.2 Å². The quantitative estimate of drug-likeness (QED) is 0.438. The molecular weight excluding hydrogens is 269 g/mol. The van der Waals surface area contributed by atoms with Crippen LogP contribution in [0.1, 0.15) is 25.3 Å². The number of carbonyl (C=O) groups excluding carboxylic acids is 1. The van der Waals surface area contributed by atoms with Crippen LogP contribution in [0.2, 0.25) is 0 Å². The van der Waals surface area contributed by atoms with Gasteiger partial charge in [0.1, 0.15) is 17.5 Å². The summed E-state index contributed by atoms with van der Waals surface area (Å²) in [6.07, 6.45) is 3.72. The molecule has 21 heavy (non-hydrogen) atoms. The molecule has 1 rings (SSSR count). The third-order valence-corrected chi connectivity index (χ3v) is 2.92. The Bertz CT molecular complexity index is 535. The highest BCUT2D eigenvalue weighted by Crippen LogP contribution is 2.06. The summed E-state index contributed by atoms with van der Waals surface area (Å²) >= 11 is 0. The number of carbonyl (C=O) groups is 1. The summed E-state index contributed by atoms with van der Waals surface area (Å²) in [7, 11) is 0. The first kappa shape index (κ1) is 16.7. The molecule has 0 heterocycles. The zero-order valence-electron chi connectivity index (χ0n) is 12.2. The van der Waals surface area contributed by atoms with Crippen LogP contribution in [0.3, 0.4) is 0 Å². The van der Waals surface area contributed by atoms with Crippen LogP contribution in [0.5, 0.6) is 0 Å². The number of nitrogens with zero attached hydrogens (tertiary/aromatic N) is 1. The topological polar surface area (TPSA) is 64.9 Å². The minimum atomic E-state index is -0.385. The van der Waals surface area contributed by atoms with E-state index >= 15 is 0 Å². The van der Waals surface area contributed by atoms with E-state index < -0.39 is 0 Å². The molecule has 112 valence electrons. The van der Waals surface area contributed by atoms with Gasteiger partial charge in [-0.25, -0.2) is 4.39 Å². The Balaban J connectivity index is 2.41. The fraction of sp³-hybridized carbons (Fsp3) is 0.375. The van der Waals surface area contributed by atoms with Crippen molar-refractivity contribution in [3.8, 4) is 6.07 Å². The molecule has 0 fully saturated rings. The lowest BCUT2D eigenvalue weighted by Crippen LogP contribution is -2.26. The third-order valence-electron chi connectivity index (χ3n) is 2.92. The van der Waals surface area contributed by atoms with Gasteiger partial charge in [-0.1, -0.05) is 31.5 Å². The molecule has 1 aromatic carbocycles. The van der Waals surface area contributed by atoms with Gasteiger partial charge >= 0.3 is 0 Å². The van der Waals surface area contributed by atoms with E-state index in [1.807, 2.05) is 13.0 Å². The van der Waals surface area contributed by atoms with Gasteiger partial charge in [-0.15, -0.1) is 0 Å². The molecule has 4 nitrogen and oxygen atoms in total. The van der Waals surface area contributed by atoms with Crippen molar-refractivity contribution in [1.29, 1.82) is 5.26 Å². The molecule has 1 amide bonds.